The Morgan fingerprint density at radius 1 is 1.09 bits per heavy atom. The van der Waals surface area contributed by atoms with E-state index in [9.17, 15) is 0 Å². The van der Waals surface area contributed by atoms with Gasteiger partial charge in [-0.05, 0) is 6.07 Å². The zero-order chi connectivity index (χ0) is 21.9. The van der Waals surface area contributed by atoms with Gasteiger partial charge in [-0.1, -0.05) is 42.2 Å². The third kappa shape index (κ3) is 4.04. The summed E-state index contributed by atoms with van der Waals surface area (Å²) in [6.45, 7) is 3.96. The smallest absolute Gasteiger partial charge is 0.140 e. The number of aryl methyl sites for hydroxylation is 1. The molecule has 4 aromatic rings. The van der Waals surface area contributed by atoms with Crippen molar-refractivity contribution in [3.63, 3.8) is 0 Å². The zero-order valence-electron chi connectivity index (χ0n) is 17.8. The maximum Gasteiger partial charge on any atom is 0.140 e. The first kappa shape index (κ1) is 20.1. The number of anilines is 1. The number of aromatic nitrogens is 5. The molecule has 0 amide bonds. The second-order valence-electron chi connectivity index (χ2n) is 7.63. The highest BCUT2D eigenvalue weighted by molar-refractivity contribution is 5.94. The molecule has 160 valence electrons. The molecule has 1 saturated heterocycles. The van der Waals surface area contributed by atoms with Crippen LogP contribution in [0.5, 0.6) is 0 Å². The van der Waals surface area contributed by atoms with Gasteiger partial charge in [0.2, 0.25) is 0 Å². The summed E-state index contributed by atoms with van der Waals surface area (Å²) in [7, 11) is 1.89. The summed E-state index contributed by atoms with van der Waals surface area (Å²) >= 11 is 0. The molecule has 0 radical (unpaired) electrons. The number of fused-ring (bicyclic) bond motifs is 1. The monoisotopic (exact) mass is 425 g/mol. The minimum absolute atomic E-state index is 0.369. The van der Waals surface area contributed by atoms with Crippen LogP contribution in [0.3, 0.4) is 0 Å². The van der Waals surface area contributed by atoms with Gasteiger partial charge in [0.25, 0.3) is 0 Å². The van der Waals surface area contributed by atoms with Crippen LogP contribution in [0.1, 0.15) is 5.56 Å². The number of nitrogen functional groups attached to an aromatic ring is 1. The average Bonchev–Trinajstić information content (AvgIpc) is 3.22. The minimum atomic E-state index is 0.369. The van der Waals surface area contributed by atoms with E-state index in [1.54, 1.807) is 11.0 Å². The SMILES string of the molecule is Cn1cc(-c2ncnc3cc(C#CCN4CCOCC4)c(N)nc23)c(-c2ccccc2)n1. The highest BCUT2D eigenvalue weighted by Gasteiger charge is 2.18. The second kappa shape index (κ2) is 8.75. The van der Waals surface area contributed by atoms with Gasteiger partial charge in [0, 0.05) is 37.5 Å². The topological polar surface area (TPSA) is 95.0 Å². The van der Waals surface area contributed by atoms with Gasteiger partial charge >= 0.3 is 0 Å². The fraction of sp³-hybridized carbons (Fsp3) is 0.250. The van der Waals surface area contributed by atoms with E-state index in [4.69, 9.17) is 10.5 Å². The van der Waals surface area contributed by atoms with E-state index in [1.807, 2.05) is 49.6 Å². The van der Waals surface area contributed by atoms with Crippen LogP contribution in [0.4, 0.5) is 5.82 Å². The summed E-state index contributed by atoms with van der Waals surface area (Å²) in [5.41, 5.74) is 11.7. The van der Waals surface area contributed by atoms with Gasteiger partial charge in [-0.15, -0.1) is 0 Å². The van der Waals surface area contributed by atoms with Gasteiger partial charge in [0.1, 0.15) is 29.0 Å². The predicted octanol–water partition coefficient (Wildman–Crippen LogP) is 2.36. The molecule has 0 saturated carbocycles. The summed E-state index contributed by atoms with van der Waals surface area (Å²) in [6.07, 6.45) is 3.49. The molecule has 3 aromatic heterocycles. The van der Waals surface area contributed by atoms with Crippen molar-refractivity contribution in [3.05, 3.63) is 54.5 Å². The van der Waals surface area contributed by atoms with E-state index >= 15 is 0 Å². The Kier molecular flexibility index (Phi) is 5.50. The van der Waals surface area contributed by atoms with E-state index in [2.05, 4.69) is 36.8 Å². The molecule has 0 unspecified atom stereocenters. The Morgan fingerprint density at radius 3 is 2.72 bits per heavy atom. The predicted molar refractivity (Wildman–Crippen MR) is 124 cm³/mol. The first-order valence-corrected chi connectivity index (χ1v) is 10.5. The number of nitrogens with two attached hydrogens (primary N) is 1. The van der Waals surface area contributed by atoms with Crippen molar-refractivity contribution < 1.29 is 4.74 Å². The van der Waals surface area contributed by atoms with Crippen LogP contribution in [-0.4, -0.2) is 62.5 Å². The van der Waals surface area contributed by atoms with E-state index in [0.717, 1.165) is 43.1 Å². The van der Waals surface area contributed by atoms with Crippen LogP contribution >= 0.6 is 0 Å². The van der Waals surface area contributed by atoms with E-state index in [-0.39, 0.29) is 0 Å². The van der Waals surface area contributed by atoms with Crippen LogP contribution in [0.2, 0.25) is 0 Å². The maximum atomic E-state index is 6.28. The molecule has 0 aliphatic carbocycles. The Hall–Kier alpha value is -3.80. The molecular weight excluding hydrogens is 402 g/mol. The molecule has 0 atom stereocenters. The van der Waals surface area contributed by atoms with E-state index < -0.39 is 0 Å². The van der Waals surface area contributed by atoms with Crippen molar-refractivity contribution in [2.24, 2.45) is 7.05 Å². The van der Waals surface area contributed by atoms with Crippen LogP contribution < -0.4 is 5.73 Å². The van der Waals surface area contributed by atoms with Gasteiger partial charge in [0.05, 0.1) is 30.8 Å². The van der Waals surface area contributed by atoms with Crippen molar-refractivity contribution in [1.82, 2.24) is 29.6 Å². The molecule has 0 spiro atoms. The molecule has 1 aliphatic rings. The van der Waals surface area contributed by atoms with Crippen molar-refractivity contribution >= 4 is 16.9 Å². The highest BCUT2D eigenvalue weighted by atomic mass is 16.5. The minimum Gasteiger partial charge on any atom is -0.383 e. The lowest BCUT2D eigenvalue weighted by molar-refractivity contribution is 0.0443. The summed E-state index contributed by atoms with van der Waals surface area (Å²) in [5.74, 6) is 6.73. The molecule has 4 heterocycles. The van der Waals surface area contributed by atoms with Crippen LogP contribution in [0.15, 0.2) is 48.9 Å². The molecule has 2 N–H and O–H groups in total. The molecular formula is C24H23N7O. The van der Waals surface area contributed by atoms with Crippen LogP contribution in [-0.2, 0) is 11.8 Å². The fourth-order valence-corrected chi connectivity index (χ4v) is 3.77. The van der Waals surface area contributed by atoms with Crippen molar-refractivity contribution in [3.8, 4) is 34.4 Å². The van der Waals surface area contributed by atoms with Gasteiger partial charge in [-0.2, -0.15) is 5.10 Å². The number of hydrogen-bond acceptors (Lipinski definition) is 7. The largest absolute Gasteiger partial charge is 0.383 e. The molecule has 1 aromatic carbocycles. The number of hydrogen-bond donors (Lipinski definition) is 1. The molecule has 32 heavy (non-hydrogen) atoms. The fourth-order valence-electron chi connectivity index (χ4n) is 3.77. The number of rotatable bonds is 3. The van der Waals surface area contributed by atoms with Crippen molar-refractivity contribution in [1.29, 1.82) is 0 Å². The van der Waals surface area contributed by atoms with Gasteiger partial charge < -0.3 is 10.5 Å². The molecule has 0 bridgehead atoms. The number of ether oxygens (including phenoxy) is 1. The first-order valence-electron chi connectivity index (χ1n) is 10.5. The standard InChI is InChI=1S/C24H23N7O/c1-30-15-19(21(29-30)17-6-3-2-4-7-17)22-23-20(26-16-27-22)14-18(24(25)28-23)8-5-9-31-10-12-32-13-11-31/h2-4,6-7,14-16H,9-13H2,1H3,(H2,25,28). The van der Waals surface area contributed by atoms with Crippen LogP contribution in [0, 0.1) is 11.8 Å². The Morgan fingerprint density at radius 2 is 1.91 bits per heavy atom. The third-order valence-corrected chi connectivity index (χ3v) is 5.40. The number of pyridine rings is 1. The molecule has 5 rings (SSSR count). The maximum absolute atomic E-state index is 6.28. The second-order valence-corrected chi connectivity index (χ2v) is 7.63. The van der Waals surface area contributed by atoms with Crippen LogP contribution in [0.25, 0.3) is 33.5 Å². The Bertz CT molecular complexity index is 1310. The lowest BCUT2D eigenvalue weighted by Gasteiger charge is -2.24. The van der Waals surface area contributed by atoms with Crippen molar-refractivity contribution in [2.75, 3.05) is 38.6 Å². The average molecular weight is 425 g/mol. The number of benzene rings is 1. The normalized spacial score (nSPS) is 14.3. The summed E-state index contributed by atoms with van der Waals surface area (Å²) < 4.78 is 7.16. The summed E-state index contributed by atoms with van der Waals surface area (Å²) in [4.78, 5) is 15.9. The molecule has 8 nitrogen and oxygen atoms in total. The van der Waals surface area contributed by atoms with Gasteiger partial charge in [-0.25, -0.2) is 15.0 Å². The van der Waals surface area contributed by atoms with E-state index in [0.29, 0.717) is 34.7 Å². The first-order chi connectivity index (χ1) is 15.7. The third-order valence-electron chi connectivity index (χ3n) is 5.40. The van der Waals surface area contributed by atoms with Crippen molar-refractivity contribution in [2.45, 2.75) is 0 Å². The van der Waals surface area contributed by atoms with Gasteiger partial charge in [0.15, 0.2) is 0 Å². The lowest BCUT2D eigenvalue weighted by Crippen LogP contribution is -2.36. The Labute approximate surface area is 186 Å². The van der Waals surface area contributed by atoms with E-state index in [1.165, 1.54) is 0 Å². The quantitative estimate of drug-likeness (QED) is 0.504. The summed E-state index contributed by atoms with van der Waals surface area (Å²) in [6, 6.07) is 11.9. The highest BCUT2D eigenvalue weighted by Crippen LogP contribution is 2.33. The number of nitrogens with zero attached hydrogens (tertiary/aromatic N) is 6. The summed E-state index contributed by atoms with van der Waals surface area (Å²) in [5, 5.41) is 4.65. The lowest BCUT2D eigenvalue weighted by atomic mass is 10.0. The zero-order valence-corrected chi connectivity index (χ0v) is 17.8. The molecule has 1 fully saturated rings. The van der Waals surface area contributed by atoms with Gasteiger partial charge in [-0.3, -0.25) is 9.58 Å². The molecule has 8 heteroatoms. The Balaban J connectivity index is 1.53. The molecule has 1 aliphatic heterocycles. The number of morpholine rings is 1.